The lowest BCUT2D eigenvalue weighted by Crippen LogP contribution is -2.24. The minimum absolute atomic E-state index is 0.0549. The van der Waals surface area contributed by atoms with Gasteiger partial charge in [-0.3, -0.25) is 4.79 Å². The fourth-order valence-corrected chi connectivity index (χ4v) is 1.57. The zero-order valence-electron chi connectivity index (χ0n) is 8.96. The molecule has 0 aliphatic heterocycles. The lowest BCUT2D eigenvalue weighted by atomic mass is 10.2. The van der Waals surface area contributed by atoms with Crippen molar-refractivity contribution in [1.29, 1.82) is 0 Å². The van der Waals surface area contributed by atoms with Crippen LogP contribution in [0.5, 0.6) is 5.75 Å². The maximum absolute atomic E-state index is 11.7. The SMILES string of the molecule is CNc1cc(C)n(C(C)C)c(=O)c1O. The molecule has 0 saturated heterocycles. The molecule has 0 atom stereocenters. The van der Waals surface area contributed by atoms with E-state index in [1.165, 1.54) is 0 Å². The Morgan fingerprint density at radius 3 is 2.50 bits per heavy atom. The van der Waals surface area contributed by atoms with Crippen molar-refractivity contribution in [2.75, 3.05) is 12.4 Å². The third-order valence-electron chi connectivity index (χ3n) is 2.20. The summed E-state index contributed by atoms with van der Waals surface area (Å²) >= 11 is 0. The van der Waals surface area contributed by atoms with E-state index in [0.29, 0.717) is 5.69 Å². The van der Waals surface area contributed by atoms with Gasteiger partial charge in [-0.25, -0.2) is 0 Å². The van der Waals surface area contributed by atoms with Gasteiger partial charge in [0.1, 0.15) is 0 Å². The van der Waals surface area contributed by atoms with Gasteiger partial charge in [-0.15, -0.1) is 0 Å². The number of hydrogen-bond acceptors (Lipinski definition) is 3. The van der Waals surface area contributed by atoms with Crippen molar-refractivity contribution < 1.29 is 5.11 Å². The van der Waals surface area contributed by atoms with Crippen LogP contribution in [-0.4, -0.2) is 16.7 Å². The summed E-state index contributed by atoms with van der Waals surface area (Å²) in [7, 11) is 1.67. The molecule has 14 heavy (non-hydrogen) atoms. The first-order chi connectivity index (χ1) is 6.49. The molecule has 0 unspecified atom stereocenters. The maximum atomic E-state index is 11.7. The van der Waals surface area contributed by atoms with E-state index in [-0.39, 0.29) is 17.4 Å². The van der Waals surface area contributed by atoms with E-state index in [1.54, 1.807) is 17.7 Å². The van der Waals surface area contributed by atoms with Crippen LogP contribution < -0.4 is 10.9 Å². The first-order valence-corrected chi connectivity index (χ1v) is 4.62. The summed E-state index contributed by atoms with van der Waals surface area (Å²) in [5.41, 5.74) is 0.973. The van der Waals surface area contributed by atoms with Crippen LogP contribution in [0.25, 0.3) is 0 Å². The summed E-state index contributed by atoms with van der Waals surface area (Å²) in [6, 6.07) is 1.82. The molecule has 0 aliphatic carbocycles. The molecule has 0 bridgehead atoms. The third kappa shape index (κ3) is 1.60. The zero-order chi connectivity index (χ0) is 10.9. The number of aromatic nitrogens is 1. The van der Waals surface area contributed by atoms with Gasteiger partial charge in [-0.1, -0.05) is 0 Å². The molecule has 1 aromatic rings. The Morgan fingerprint density at radius 1 is 1.50 bits per heavy atom. The van der Waals surface area contributed by atoms with Gasteiger partial charge in [0.15, 0.2) is 0 Å². The van der Waals surface area contributed by atoms with E-state index in [0.717, 1.165) is 5.69 Å². The van der Waals surface area contributed by atoms with Crippen LogP contribution >= 0.6 is 0 Å². The first kappa shape index (κ1) is 10.6. The number of pyridine rings is 1. The average molecular weight is 196 g/mol. The monoisotopic (exact) mass is 196 g/mol. The summed E-state index contributed by atoms with van der Waals surface area (Å²) in [6.07, 6.45) is 0. The number of anilines is 1. The van der Waals surface area contributed by atoms with Gasteiger partial charge in [-0.2, -0.15) is 0 Å². The van der Waals surface area contributed by atoms with Crippen molar-refractivity contribution in [2.24, 2.45) is 0 Å². The second-order valence-corrected chi connectivity index (χ2v) is 3.57. The fraction of sp³-hybridized carbons (Fsp3) is 0.500. The number of rotatable bonds is 2. The molecule has 4 heteroatoms. The average Bonchev–Trinajstić information content (AvgIpc) is 2.10. The molecule has 2 N–H and O–H groups in total. The highest BCUT2D eigenvalue weighted by Gasteiger charge is 2.12. The molecule has 4 nitrogen and oxygen atoms in total. The molecule has 0 radical (unpaired) electrons. The number of aromatic hydroxyl groups is 1. The predicted octanol–water partition coefficient (Wildman–Crippen LogP) is 1.48. The summed E-state index contributed by atoms with van der Waals surface area (Å²) in [5.74, 6) is -0.216. The lowest BCUT2D eigenvalue weighted by Gasteiger charge is -2.15. The van der Waals surface area contributed by atoms with Crippen LogP contribution in [0.1, 0.15) is 25.6 Å². The molecule has 1 heterocycles. The van der Waals surface area contributed by atoms with E-state index in [4.69, 9.17) is 0 Å². The van der Waals surface area contributed by atoms with Crippen molar-refractivity contribution in [2.45, 2.75) is 26.8 Å². The normalized spacial score (nSPS) is 10.6. The van der Waals surface area contributed by atoms with E-state index >= 15 is 0 Å². The van der Waals surface area contributed by atoms with Crippen LogP contribution in [0.3, 0.4) is 0 Å². The van der Waals surface area contributed by atoms with Crippen molar-refractivity contribution in [1.82, 2.24) is 4.57 Å². The second kappa shape index (κ2) is 3.74. The van der Waals surface area contributed by atoms with Gasteiger partial charge in [0.25, 0.3) is 5.56 Å². The molecule has 1 aromatic heterocycles. The summed E-state index contributed by atoms with van der Waals surface area (Å²) in [4.78, 5) is 11.7. The minimum Gasteiger partial charge on any atom is -0.502 e. The number of hydrogen-bond donors (Lipinski definition) is 2. The standard InChI is InChI=1S/C10H16N2O2/c1-6(2)12-7(3)5-8(11-4)9(13)10(12)14/h5-6,11,13H,1-4H3. The molecule has 0 spiro atoms. The van der Waals surface area contributed by atoms with E-state index < -0.39 is 0 Å². The fourth-order valence-electron chi connectivity index (χ4n) is 1.57. The van der Waals surface area contributed by atoms with Gasteiger partial charge in [0.2, 0.25) is 5.75 Å². The van der Waals surface area contributed by atoms with Gasteiger partial charge < -0.3 is 15.0 Å². The summed E-state index contributed by atoms with van der Waals surface area (Å²) in [5, 5.41) is 12.3. The smallest absolute Gasteiger partial charge is 0.295 e. The third-order valence-corrected chi connectivity index (χ3v) is 2.20. The first-order valence-electron chi connectivity index (χ1n) is 4.62. The Kier molecular flexibility index (Phi) is 2.84. The zero-order valence-corrected chi connectivity index (χ0v) is 8.96. The van der Waals surface area contributed by atoms with Gasteiger partial charge in [0.05, 0.1) is 5.69 Å². The van der Waals surface area contributed by atoms with Crippen LogP contribution in [0.2, 0.25) is 0 Å². The molecular formula is C10H16N2O2. The highest BCUT2D eigenvalue weighted by atomic mass is 16.3. The Hall–Kier alpha value is -1.45. The Balaban J connectivity index is 3.50. The van der Waals surface area contributed by atoms with Gasteiger partial charge in [0, 0.05) is 18.8 Å². The Bertz CT molecular complexity index is 394. The molecule has 78 valence electrons. The van der Waals surface area contributed by atoms with Crippen LogP contribution in [0.4, 0.5) is 5.69 Å². The van der Waals surface area contributed by atoms with Crippen LogP contribution in [-0.2, 0) is 0 Å². The second-order valence-electron chi connectivity index (χ2n) is 3.57. The predicted molar refractivity (Wildman–Crippen MR) is 57.0 cm³/mol. The number of nitrogens with one attached hydrogen (secondary N) is 1. The topological polar surface area (TPSA) is 54.3 Å². The molecule has 0 amide bonds. The molecule has 0 aliphatic rings. The molecular weight excluding hydrogens is 180 g/mol. The largest absolute Gasteiger partial charge is 0.502 e. The lowest BCUT2D eigenvalue weighted by molar-refractivity contribution is 0.448. The molecule has 0 aromatic carbocycles. The van der Waals surface area contributed by atoms with Crippen LogP contribution in [0.15, 0.2) is 10.9 Å². The van der Waals surface area contributed by atoms with E-state index in [9.17, 15) is 9.90 Å². The van der Waals surface area contributed by atoms with Crippen molar-refractivity contribution in [3.05, 3.63) is 22.1 Å². The minimum atomic E-state index is -0.343. The summed E-state index contributed by atoms with van der Waals surface area (Å²) in [6.45, 7) is 5.67. The number of nitrogens with zero attached hydrogens (tertiary/aromatic N) is 1. The van der Waals surface area contributed by atoms with Crippen LogP contribution in [0, 0.1) is 6.92 Å². The van der Waals surface area contributed by atoms with Crippen molar-refractivity contribution in [3.63, 3.8) is 0 Å². The molecule has 0 fully saturated rings. The highest BCUT2D eigenvalue weighted by molar-refractivity contribution is 5.54. The van der Waals surface area contributed by atoms with Gasteiger partial charge in [-0.05, 0) is 26.8 Å². The van der Waals surface area contributed by atoms with E-state index in [1.807, 2.05) is 20.8 Å². The Labute approximate surface area is 83.2 Å². The molecule has 1 rings (SSSR count). The quantitative estimate of drug-likeness (QED) is 0.753. The number of aryl methyl sites for hydroxylation is 1. The van der Waals surface area contributed by atoms with Crippen molar-refractivity contribution >= 4 is 5.69 Å². The van der Waals surface area contributed by atoms with E-state index in [2.05, 4.69) is 5.32 Å². The van der Waals surface area contributed by atoms with Crippen molar-refractivity contribution in [3.8, 4) is 5.75 Å². The Morgan fingerprint density at radius 2 is 2.07 bits per heavy atom. The summed E-state index contributed by atoms with van der Waals surface area (Å²) < 4.78 is 1.57. The molecule has 0 saturated carbocycles. The van der Waals surface area contributed by atoms with Gasteiger partial charge >= 0.3 is 0 Å². The highest BCUT2D eigenvalue weighted by Crippen LogP contribution is 2.20. The maximum Gasteiger partial charge on any atom is 0.295 e.